The van der Waals surface area contributed by atoms with Crippen LogP contribution in [-0.4, -0.2) is 48.1 Å². The van der Waals surface area contributed by atoms with E-state index in [0.717, 1.165) is 6.04 Å². The molecule has 1 heterocycles. The Hall–Kier alpha value is -0.0800. The lowest BCUT2D eigenvalue weighted by atomic mass is 10.1. The number of likely N-dealkylation sites (tertiary alicyclic amines) is 1. The van der Waals surface area contributed by atoms with Crippen LogP contribution in [0.5, 0.6) is 0 Å². The van der Waals surface area contributed by atoms with Gasteiger partial charge in [0, 0.05) is 24.7 Å². The molecule has 0 unspecified atom stereocenters. The normalized spacial score (nSPS) is 24.4. The molecule has 2 nitrogen and oxygen atoms in total. The summed E-state index contributed by atoms with van der Waals surface area (Å²) in [5.74, 6) is 0. The Labute approximate surface area is 89.3 Å². The molecule has 1 fully saturated rings. The molecule has 1 saturated heterocycles. The van der Waals surface area contributed by atoms with Crippen molar-refractivity contribution in [1.29, 1.82) is 0 Å². The van der Waals surface area contributed by atoms with Crippen molar-refractivity contribution in [3.8, 4) is 0 Å². The number of rotatable bonds is 4. The van der Waals surface area contributed by atoms with Gasteiger partial charge in [-0.2, -0.15) is 0 Å². The van der Waals surface area contributed by atoms with Crippen LogP contribution in [0.4, 0.5) is 0 Å². The van der Waals surface area contributed by atoms with Gasteiger partial charge in [0.15, 0.2) is 0 Å². The average Bonchev–Trinajstić information content (AvgIpc) is 2.46. The first-order valence-electron chi connectivity index (χ1n) is 5.98. The number of hydrogen-bond donors (Lipinski definition) is 0. The maximum Gasteiger partial charge on any atom is 0.0220 e. The lowest BCUT2D eigenvalue weighted by Gasteiger charge is -2.34. The Morgan fingerprint density at radius 3 is 2.14 bits per heavy atom. The molecule has 0 aromatic rings. The molecule has 1 aliphatic heterocycles. The summed E-state index contributed by atoms with van der Waals surface area (Å²) in [4.78, 5) is 5.12. The third kappa shape index (κ3) is 2.96. The zero-order valence-corrected chi connectivity index (χ0v) is 10.5. The van der Waals surface area contributed by atoms with Gasteiger partial charge in [0.1, 0.15) is 0 Å². The monoisotopic (exact) mass is 198 g/mol. The molecule has 2 heteroatoms. The molecule has 0 radical (unpaired) electrons. The molecular formula is C12H26N2. The van der Waals surface area contributed by atoms with Crippen LogP contribution in [0.2, 0.25) is 0 Å². The molecule has 0 amide bonds. The van der Waals surface area contributed by atoms with Gasteiger partial charge in [0.25, 0.3) is 0 Å². The van der Waals surface area contributed by atoms with Crippen molar-refractivity contribution >= 4 is 0 Å². The van der Waals surface area contributed by atoms with Crippen LogP contribution in [0, 0.1) is 0 Å². The van der Waals surface area contributed by atoms with Gasteiger partial charge < -0.3 is 4.90 Å². The second kappa shape index (κ2) is 5.13. The summed E-state index contributed by atoms with van der Waals surface area (Å²) in [7, 11) is 2.26. The van der Waals surface area contributed by atoms with Crippen molar-refractivity contribution in [2.75, 3.05) is 20.1 Å². The SMILES string of the molecule is CC(C)N(C[C@@H]1CCCN1C)C(C)C. The highest BCUT2D eigenvalue weighted by Gasteiger charge is 2.25. The van der Waals surface area contributed by atoms with Crippen molar-refractivity contribution in [2.45, 2.75) is 58.7 Å². The van der Waals surface area contributed by atoms with Gasteiger partial charge in [-0.25, -0.2) is 0 Å². The zero-order valence-electron chi connectivity index (χ0n) is 10.5. The highest BCUT2D eigenvalue weighted by atomic mass is 15.2. The van der Waals surface area contributed by atoms with E-state index in [0.29, 0.717) is 12.1 Å². The highest BCUT2D eigenvalue weighted by Crippen LogP contribution is 2.18. The number of hydrogen-bond acceptors (Lipinski definition) is 2. The average molecular weight is 198 g/mol. The van der Waals surface area contributed by atoms with Crippen molar-refractivity contribution in [3.63, 3.8) is 0 Å². The quantitative estimate of drug-likeness (QED) is 0.683. The summed E-state index contributed by atoms with van der Waals surface area (Å²) in [5.41, 5.74) is 0. The van der Waals surface area contributed by atoms with Crippen molar-refractivity contribution in [1.82, 2.24) is 9.80 Å². The summed E-state index contributed by atoms with van der Waals surface area (Å²) < 4.78 is 0. The van der Waals surface area contributed by atoms with Crippen molar-refractivity contribution < 1.29 is 0 Å². The smallest absolute Gasteiger partial charge is 0.0220 e. The molecule has 0 saturated carbocycles. The summed E-state index contributed by atoms with van der Waals surface area (Å²) >= 11 is 0. The molecule has 1 aliphatic rings. The molecule has 0 spiro atoms. The van der Waals surface area contributed by atoms with Crippen molar-refractivity contribution in [3.05, 3.63) is 0 Å². The largest absolute Gasteiger partial charge is 0.302 e. The van der Waals surface area contributed by atoms with E-state index in [4.69, 9.17) is 0 Å². The van der Waals surface area contributed by atoms with Gasteiger partial charge in [-0.15, -0.1) is 0 Å². The Morgan fingerprint density at radius 1 is 1.21 bits per heavy atom. The minimum absolute atomic E-state index is 0.670. The van der Waals surface area contributed by atoms with Gasteiger partial charge in [0.05, 0.1) is 0 Å². The van der Waals surface area contributed by atoms with Crippen LogP contribution in [0.25, 0.3) is 0 Å². The van der Waals surface area contributed by atoms with E-state index in [2.05, 4.69) is 44.5 Å². The van der Waals surface area contributed by atoms with Gasteiger partial charge in [-0.1, -0.05) is 0 Å². The molecule has 0 aromatic heterocycles. The fourth-order valence-corrected chi connectivity index (χ4v) is 2.47. The molecule has 0 N–H and O–H groups in total. The van der Waals surface area contributed by atoms with Gasteiger partial charge in [-0.05, 0) is 54.1 Å². The minimum Gasteiger partial charge on any atom is -0.302 e. The molecule has 14 heavy (non-hydrogen) atoms. The first kappa shape index (κ1) is 12.0. The Kier molecular flexibility index (Phi) is 4.39. The van der Waals surface area contributed by atoms with E-state index >= 15 is 0 Å². The van der Waals surface area contributed by atoms with Crippen LogP contribution in [0.15, 0.2) is 0 Å². The second-order valence-electron chi connectivity index (χ2n) is 5.16. The van der Waals surface area contributed by atoms with Crippen LogP contribution >= 0.6 is 0 Å². The fraction of sp³-hybridized carbons (Fsp3) is 1.00. The topological polar surface area (TPSA) is 6.48 Å². The van der Waals surface area contributed by atoms with Crippen LogP contribution in [0.3, 0.4) is 0 Å². The summed E-state index contributed by atoms with van der Waals surface area (Å²) in [6.45, 7) is 11.7. The van der Waals surface area contributed by atoms with E-state index in [1.54, 1.807) is 0 Å². The van der Waals surface area contributed by atoms with Crippen molar-refractivity contribution in [2.24, 2.45) is 0 Å². The summed E-state index contributed by atoms with van der Waals surface area (Å²) in [5, 5.41) is 0. The summed E-state index contributed by atoms with van der Waals surface area (Å²) in [6.07, 6.45) is 2.76. The molecule has 1 atom stereocenters. The molecule has 84 valence electrons. The standard InChI is InChI=1S/C12H26N2/c1-10(2)14(11(3)4)9-12-7-6-8-13(12)5/h10-12H,6-9H2,1-5H3/t12-/m0/s1. The van der Waals surface area contributed by atoms with Crippen LogP contribution in [0.1, 0.15) is 40.5 Å². The van der Waals surface area contributed by atoms with Gasteiger partial charge in [-0.3, -0.25) is 4.90 Å². The molecule has 0 aromatic carbocycles. The summed E-state index contributed by atoms with van der Waals surface area (Å²) in [6, 6.07) is 2.13. The number of nitrogens with zero attached hydrogens (tertiary/aromatic N) is 2. The minimum atomic E-state index is 0.670. The maximum atomic E-state index is 2.60. The molecule has 0 aliphatic carbocycles. The predicted molar refractivity (Wildman–Crippen MR) is 62.6 cm³/mol. The van der Waals surface area contributed by atoms with E-state index in [1.807, 2.05) is 0 Å². The van der Waals surface area contributed by atoms with E-state index in [9.17, 15) is 0 Å². The van der Waals surface area contributed by atoms with E-state index in [1.165, 1.54) is 25.9 Å². The Bertz CT molecular complexity index is 158. The van der Waals surface area contributed by atoms with Crippen LogP contribution in [-0.2, 0) is 0 Å². The fourth-order valence-electron chi connectivity index (χ4n) is 2.47. The van der Waals surface area contributed by atoms with Crippen LogP contribution < -0.4 is 0 Å². The van der Waals surface area contributed by atoms with E-state index < -0.39 is 0 Å². The van der Waals surface area contributed by atoms with E-state index in [-0.39, 0.29) is 0 Å². The molecule has 0 bridgehead atoms. The Balaban J connectivity index is 2.46. The lowest BCUT2D eigenvalue weighted by Crippen LogP contribution is -2.45. The highest BCUT2D eigenvalue weighted by molar-refractivity contribution is 4.81. The third-order valence-corrected chi connectivity index (χ3v) is 3.42. The second-order valence-corrected chi connectivity index (χ2v) is 5.16. The third-order valence-electron chi connectivity index (χ3n) is 3.42. The van der Waals surface area contributed by atoms with Gasteiger partial charge in [0.2, 0.25) is 0 Å². The number of likely N-dealkylation sites (N-methyl/N-ethyl adjacent to an activating group) is 1. The maximum absolute atomic E-state index is 2.60. The molecule has 1 rings (SSSR count). The zero-order chi connectivity index (χ0) is 10.7. The molecular weight excluding hydrogens is 172 g/mol. The Morgan fingerprint density at radius 2 is 1.79 bits per heavy atom. The first-order chi connectivity index (χ1) is 6.52. The first-order valence-corrected chi connectivity index (χ1v) is 5.98. The predicted octanol–water partition coefficient (Wildman–Crippen LogP) is 2.20. The lowest BCUT2D eigenvalue weighted by molar-refractivity contribution is 0.129. The van der Waals surface area contributed by atoms with Gasteiger partial charge >= 0.3 is 0 Å².